The lowest BCUT2D eigenvalue weighted by molar-refractivity contribution is -0.152. The summed E-state index contributed by atoms with van der Waals surface area (Å²) in [4.78, 5) is 107. The average Bonchev–Trinajstić information content (AvgIpc) is 3.26. The molecule has 0 aromatic carbocycles. The fraction of sp³-hybridized carbons (Fsp3) is 0.395. The molecule has 18 nitrogen and oxygen atoms in total. The van der Waals surface area contributed by atoms with Crippen molar-refractivity contribution in [3.63, 3.8) is 0 Å². The molecule has 0 fully saturated rings. The van der Waals surface area contributed by atoms with Gasteiger partial charge in [0.05, 0.1) is 37.3 Å². The van der Waals surface area contributed by atoms with Crippen LogP contribution in [0.5, 0.6) is 0 Å². The summed E-state index contributed by atoms with van der Waals surface area (Å²) in [7, 11) is 0. The minimum absolute atomic E-state index is 0.109. The normalized spacial score (nSPS) is 22.3. The number of ether oxygens (including phenoxy) is 2. The van der Waals surface area contributed by atoms with Crippen LogP contribution in [0.4, 0.5) is 8.78 Å². The summed E-state index contributed by atoms with van der Waals surface area (Å²) < 4.78 is 39.0. The Hall–Kier alpha value is -6.77. The van der Waals surface area contributed by atoms with Crippen LogP contribution in [0, 0.1) is 11.6 Å². The van der Waals surface area contributed by atoms with Crippen LogP contribution < -0.4 is 31.9 Å². The van der Waals surface area contributed by atoms with E-state index in [9.17, 15) is 47.1 Å². The molecule has 21 heteroatoms. The summed E-state index contributed by atoms with van der Waals surface area (Å²) in [5, 5.41) is 14.7. The van der Waals surface area contributed by atoms with Crippen molar-refractivity contribution in [2.45, 2.75) is 104 Å². The Morgan fingerprint density at radius 1 is 0.656 bits per heavy atom. The van der Waals surface area contributed by atoms with E-state index >= 15 is 0 Å². The zero-order valence-corrected chi connectivity index (χ0v) is 36.8. The second-order valence-electron chi connectivity index (χ2n) is 14.0. The standard InChI is InChI=1S/C22H27FN4O5.C21H25FN4O5S/c1-4-6-7-8-14-11-19(28)24-12-18-15(23)9-10-17(26-18)21(30)27-16(5-2)20(29)25-13(3)22(31)32-14;1-3-15-19(28)24-12(2)21(30)31-13(6-4-5-9-32)10-18(27)23-11-17-14(22)7-8-16(25-17)20(29)26-15/h5,7-10,13-14H,4,6,11-12H2,1-3H3,(H,24,28)(H,25,29)(H,27,30);3-4,6-8,12-13,32H,5,9-11H2,1-2H3,(H,23,27)(H,24,28)(H,26,29)/b8-7+,16-5-;6-4+,15-3-/t13-,14+;12-,13+/m00/s1. The second-order valence-corrected chi connectivity index (χ2v) is 14.5. The molecule has 2 aromatic heterocycles. The number of hydrogen-bond acceptors (Lipinski definition) is 13. The van der Waals surface area contributed by atoms with Crippen LogP contribution >= 0.6 is 12.6 Å². The molecule has 0 saturated heterocycles. The molecule has 2 aliphatic rings. The molecule has 4 heterocycles. The van der Waals surface area contributed by atoms with Crippen LogP contribution in [0.1, 0.15) is 99.1 Å². The molecule has 64 heavy (non-hydrogen) atoms. The minimum Gasteiger partial charge on any atom is -0.456 e. The van der Waals surface area contributed by atoms with Crippen LogP contribution in [-0.4, -0.2) is 87.4 Å². The third-order valence-electron chi connectivity index (χ3n) is 8.93. The number of pyridine rings is 2. The smallest absolute Gasteiger partial charge is 0.328 e. The van der Waals surface area contributed by atoms with E-state index in [1.807, 2.05) is 6.92 Å². The highest BCUT2D eigenvalue weighted by Crippen LogP contribution is 2.12. The summed E-state index contributed by atoms with van der Waals surface area (Å²) in [6, 6.07) is 2.34. The SMILES string of the molecule is C/C=C1\NC(=O)c2ccc(F)c(n2)CNC(=O)C[C@@H](/C=C/CCC)OC(=O)[C@H](C)NC1=O.C/C=C1\NC(=O)c2ccc(F)c(n2)CNC(=O)C[C@@H](/C=C/CCS)OC(=O)[C@H](C)NC1=O. The molecule has 0 saturated carbocycles. The first-order valence-corrected chi connectivity index (χ1v) is 20.9. The van der Waals surface area contributed by atoms with Crippen molar-refractivity contribution in [1.29, 1.82) is 0 Å². The maximum absolute atomic E-state index is 14.1. The molecule has 0 spiro atoms. The van der Waals surface area contributed by atoms with Crippen molar-refractivity contribution >= 4 is 60.0 Å². The van der Waals surface area contributed by atoms with Crippen LogP contribution in [0.15, 0.2) is 72.1 Å². The fourth-order valence-electron chi connectivity index (χ4n) is 5.44. The van der Waals surface area contributed by atoms with Gasteiger partial charge in [-0.2, -0.15) is 12.6 Å². The molecule has 4 rings (SSSR count). The average molecular weight is 911 g/mol. The number of hydrogen-bond donors (Lipinski definition) is 7. The first-order chi connectivity index (χ1) is 30.5. The van der Waals surface area contributed by atoms with Gasteiger partial charge < -0.3 is 41.4 Å². The van der Waals surface area contributed by atoms with E-state index in [2.05, 4.69) is 54.5 Å². The Balaban J connectivity index is 0.000000340. The number of allylic oxidation sites excluding steroid dienone is 4. The lowest BCUT2D eigenvalue weighted by atomic mass is 10.2. The van der Waals surface area contributed by atoms with Crippen molar-refractivity contribution in [3.8, 4) is 0 Å². The van der Waals surface area contributed by atoms with E-state index in [0.717, 1.165) is 31.0 Å². The lowest BCUT2D eigenvalue weighted by Gasteiger charge is -2.20. The summed E-state index contributed by atoms with van der Waals surface area (Å²) >= 11 is 4.10. The number of thiol groups is 1. The summed E-state index contributed by atoms with van der Waals surface area (Å²) in [6.07, 6.45) is 9.39. The molecule has 0 radical (unpaired) electrons. The summed E-state index contributed by atoms with van der Waals surface area (Å²) in [5.74, 6) is -6.31. The van der Waals surface area contributed by atoms with Crippen LogP contribution in [0.3, 0.4) is 0 Å². The molecule has 2 aromatic rings. The predicted octanol–water partition coefficient (Wildman–Crippen LogP) is 2.81. The van der Waals surface area contributed by atoms with Crippen molar-refractivity contribution in [2.75, 3.05) is 5.75 Å². The van der Waals surface area contributed by atoms with Crippen LogP contribution in [-0.2, 0) is 51.3 Å². The molecule has 6 amide bonds. The molecule has 2 aliphatic heterocycles. The predicted molar refractivity (Wildman–Crippen MR) is 230 cm³/mol. The molecule has 0 unspecified atom stereocenters. The van der Waals surface area contributed by atoms with Gasteiger partial charge >= 0.3 is 11.9 Å². The van der Waals surface area contributed by atoms with Gasteiger partial charge in [0.2, 0.25) is 11.8 Å². The van der Waals surface area contributed by atoms with E-state index in [4.69, 9.17) is 9.47 Å². The summed E-state index contributed by atoms with van der Waals surface area (Å²) in [5.41, 5.74) is -0.807. The van der Waals surface area contributed by atoms with E-state index in [1.54, 1.807) is 24.3 Å². The molecular formula is C43H52F2N8O10S. The molecule has 344 valence electrons. The van der Waals surface area contributed by atoms with Gasteiger partial charge in [0.1, 0.15) is 58.7 Å². The van der Waals surface area contributed by atoms with Crippen molar-refractivity contribution in [1.82, 2.24) is 41.9 Å². The Bertz CT molecular complexity index is 2050. The number of fused-ring (bicyclic) bond motifs is 4. The highest BCUT2D eigenvalue weighted by atomic mass is 32.1. The third-order valence-corrected chi connectivity index (χ3v) is 9.19. The molecule has 6 N–H and O–H groups in total. The Kier molecular flexibility index (Phi) is 20.9. The summed E-state index contributed by atoms with van der Waals surface area (Å²) in [6.45, 7) is 7.34. The molecular weight excluding hydrogens is 859 g/mol. The van der Waals surface area contributed by atoms with E-state index in [-0.39, 0.29) is 60.1 Å². The van der Waals surface area contributed by atoms with Crippen LogP contribution in [0.25, 0.3) is 0 Å². The Labute approximate surface area is 374 Å². The van der Waals surface area contributed by atoms with Gasteiger partial charge in [-0.3, -0.25) is 28.8 Å². The number of amides is 6. The van der Waals surface area contributed by atoms with Gasteiger partial charge in [-0.25, -0.2) is 28.3 Å². The number of unbranched alkanes of at least 4 members (excludes halogenated alkanes) is 1. The number of aromatic nitrogens is 2. The molecule has 4 bridgehead atoms. The lowest BCUT2D eigenvalue weighted by Crippen LogP contribution is -2.44. The first kappa shape index (κ1) is 51.6. The number of esters is 2. The van der Waals surface area contributed by atoms with E-state index < -0.39 is 83.3 Å². The largest absolute Gasteiger partial charge is 0.456 e. The topological polar surface area (TPSA) is 253 Å². The van der Waals surface area contributed by atoms with E-state index in [0.29, 0.717) is 12.2 Å². The maximum atomic E-state index is 14.1. The van der Waals surface area contributed by atoms with Gasteiger partial charge in [0, 0.05) is 0 Å². The van der Waals surface area contributed by atoms with Gasteiger partial charge in [0.15, 0.2) is 0 Å². The van der Waals surface area contributed by atoms with Crippen molar-refractivity contribution < 1.29 is 56.6 Å². The first-order valence-electron chi connectivity index (χ1n) is 20.3. The number of nitrogens with zero attached hydrogens (tertiary/aromatic N) is 2. The number of nitrogens with one attached hydrogen (secondary N) is 6. The quantitative estimate of drug-likeness (QED) is 0.0957. The third kappa shape index (κ3) is 16.5. The van der Waals surface area contributed by atoms with Gasteiger partial charge in [0.25, 0.3) is 23.6 Å². The Morgan fingerprint density at radius 3 is 1.44 bits per heavy atom. The van der Waals surface area contributed by atoms with Crippen molar-refractivity contribution in [3.05, 3.63) is 107 Å². The maximum Gasteiger partial charge on any atom is 0.328 e. The zero-order valence-electron chi connectivity index (χ0n) is 35.9. The van der Waals surface area contributed by atoms with Crippen molar-refractivity contribution in [2.24, 2.45) is 0 Å². The molecule has 0 aliphatic carbocycles. The number of carbonyl (C=O) groups excluding carboxylic acids is 8. The molecule has 4 atom stereocenters. The minimum atomic E-state index is -1.05. The van der Waals surface area contributed by atoms with Gasteiger partial charge in [-0.05, 0) is 82.7 Å². The number of carbonyl (C=O) groups is 8. The monoisotopic (exact) mass is 910 g/mol. The second kappa shape index (κ2) is 26.0. The number of halogens is 2. The Morgan fingerprint density at radius 2 is 1.06 bits per heavy atom. The highest BCUT2D eigenvalue weighted by molar-refractivity contribution is 7.80. The van der Waals surface area contributed by atoms with Gasteiger partial charge in [-0.1, -0.05) is 37.6 Å². The van der Waals surface area contributed by atoms with Gasteiger partial charge in [-0.15, -0.1) is 0 Å². The zero-order chi connectivity index (χ0) is 47.3. The van der Waals surface area contributed by atoms with Crippen LogP contribution in [0.2, 0.25) is 0 Å². The van der Waals surface area contributed by atoms with E-state index in [1.165, 1.54) is 45.9 Å². The fourth-order valence-corrected chi connectivity index (χ4v) is 5.59. The number of cyclic esters (lactones) is 2. The number of rotatable bonds is 6. The highest BCUT2D eigenvalue weighted by Gasteiger charge is 2.27.